The van der Waals surface area contributed by atoms with Gasteiger partial charge in [-0.2, -0.15) is 0 Å². The summed E-state index contributed by atoms with van der Waals surface area (Å²) in [7, 11) is 0. The van der Waals surface area contributed by atoms with Crippen molar-refractivity contribution in [2.45, 2.75) is 20.4 Å². The normalized spacial score (nSPS) is 10.5. The van der Waals surface area contributed by atoms with Crippen LogP contribution in [-0.2, 0) is 6.54 Å². The van der Waals surface area contributed by atoms with Crippen molar-refractivity contribution in [3.05, 3.63) is 56.2 Å². The van der Waals surface area contributed by atoms with E-state index in [2.05, 4.69) is 22.0 Å². The zero-order valence-corrected chi connectivity index (χ0v) is 13.4. The Morgan fingerprint density at radius 1 is 1.37 bits per heavy atom. The second-order valence-corrected chi connectivity index (χ2v) is 6.27. The molecule has 1 heterocycles. The minimum Gasteiger partial charge on any atom is -0.334 e. The third-order valence-corrected chi connectivity index (χ3v) is 4.47. The number of amides is 1. The molecule has 0 atom stereocenters. The summed E-state index contributed by atoms with van der Waals surface area (Å²) in [5, 5.41) is 2.04. The molecule has 0 aliphatic rings. The van der Waals surface area contributed by atoms with E-state index in [0.717, 1.165) is 15.6 Å². The van der Waals surface area contributed by atoms with Crippen molar-refractivity contribution in [2.24, 2.45) is 0 Å². The molecule has 0 aliphatic heterocycles. The standard InChI is InChI=1S/C15H16BrNOS/c1-3-17(10-12-5-4-8-19-12)15(18)13-7-6-11(2)9-14(13)16/h4-9H,3,10H2,1-2H3. The minimum absolute atomic E-state index is 0.0720. The molecule has 1 aromatic carbocycles. The molecule has 0 unspecified atom stereocenters. The van der Waals surface area contributed by atoms with Crippen LogP contribution in [0.3, 0.4) is 0 Å². The number of benzene rings is 1. The number of nitrogens with zero attached hydrogens (tertiary/aromatic N) is 1. The number of halogens is 1. The van der Waals surface area contributed by atoms with E-state index in [1.807, 2.05) is 48.4 Å². The summed E-state index contributed by atoms with van der Waals surface area (Å²) >= 11 is 5.16. The lowest BCUT2D eigenvalue weighted by atomic mass is 10.1. The molecule has 0 radical (unpaired) electrons. The van der Waals surface area contributed by atoms with Gasteiger partial charge in [-0.1, -0.05) is 12.1 Å². The van der Waals surface area contributed by atoms with Gasteiger partial charge in [0.1, 0.15) is 0 Å². The third-order valence-electron chi connectivity index (χ3n) is 2.95. The van der Waals surface area contributed by atoms with E-state index in [0.29, 0.717) is 13.1 Å². The fraction of sp³-hybridized carbons (Fsp3) is 0.267. The van der Waals surface area contributed by atoms with Crippen LogP contribution in [0.5, 0.6) is 0 Å². The number of hydrogen-bond donors (Lipinski definition) is 0. The SMILES string of the molecule is CCN(Cc1cccs1)C(=O)c1ccc(C)cc1Br. The monoisotopic (exact) mass is 337 g/mol. The van der Waals surface area contributed by atoms with E-state index in [1.165, 1.54) is 4.88 Å². The number of carbonyl (C=O) groups is 1. The van der Waals surface area contributed by atoms with Crippen LogP contribution in [-0.4, -0.2) is 17.4 Å². The molecule has 19 heavy (non-hydrogen) atoms. The highest BCUT2D eigenvalue weighted by molar-refractivity contribution is 9.10. The van der Waals surface area contributed by atoms with Crippen molar-refractivity contribution in [2.75, 3.05) is 6.54 Å². The number of hydrogen-bond acceptors (Lipinski definition) is 2. The highest BCUT2D eigenvalue weighted by Crippen LogP contribution is 2.21. The third kappa shape index (κ3) is 3.45. The molecule has 0 N–H and O–H groups in total. The van der Waals surface area contributed by atoms with Crippen molar-refractivity contribution >= 4 is 33.2 Å². The highest BCUT2D eigenvalue weighted by Gasteiger charge is 2.17. The van der Waals surface area contributed by atoms with E-state index >= 15 is 0 Å². The lowest BCUT2D eigenvalue weighted by Gasteiger charge is -2.21. The largest absolute Gasteiger partial charge is 0.334 e. The molecule has 0 saturated heterocycles. The van der Waals surface area contributed by atoms with Crippen molar-refractivity contribution in [3.63, 3.8) is 0 Å². The first-order valence-electron chi connectivity index (χ1n) is 6.19. The van der Waals surface area contributed by atoms with Crippen LogP contribution in [0.4, 0.5) is 0 Å². The molecular formula is C15H16BrNOS. The summed E-state index contributed by atoms with van der Waals surface area (Å²) in [5.41, 5.74) is 1.87. The van der Waals surface area contributed by atoms with Gasteiger partial charge in [0.05, 0.1) is 12.1 Å². The number of rotatable bonds is 4. The zero-order valence-electron chi connectivity index (χ0n) is 11.0. The van der Waals surface area contributed by atoms with Crippen molar-refractivity contribution in [3.8, 4) is 0 Å². The predicted octanol–water partition coefficient (Wildman–Crippen LogP) is 4.48. The Bertz CT molecular complexity index is 566. The quantitative estimate of drug-likeness (QED) is 0.805. The van der Waals surface area contributed by atoms with E-state index in [-0.39, 0.29) is 5.91 Å². The molecule has 0 saturated carbocycles. The maximum absolute atomic E-state index is 12.5. The molecule has 0 aliphatic carbocycles. The first-order valence-corrected chi connectivity index (χ1v) is 7.87. The molecule has 0 spiro atoms. The Morgan fingerprint density at radius 3 is 2.74 bits per heavy atom. The second kappa shape index (κ2) is 6.35. The fourth-order valence-electron chi connectivity index (χ4n) is 1.88. The van der Waals surface area contributed by atoms with Gasteiger partial charge in [-0.15, -0.1) is 11.3 Å². The van der Waals surface area contributed by atoms with Crippen LogP contribution >= 0.6 is 27.3 Å². The van der Waals surface area contributed by atoms with E-state index in [1.54, 1.807) is 11.3 Å². The average molecular weight is 338 g/mol. The predicted molar refractivity (Wildman–Crippen MR) is 83.6 cm³/mol. The van der Waals surface area contributed by atoms with Crippen molar-refractivity contribution < 1.29 is 4.79 Å². The van der Waals surface area contributed by atoms with Gasteiger partial charge in [-0.05, 0) is 58.9 Å². The Hall–Kier alpha value is -1.13. The Morgan fingerprint density at radius 2 is 2.16 bits per heavy atom. The lowest BCUT2D eigenvalue weighted by Crippen LogP contribution is -2.30. The van der Waals surface area contributed by atoms with Crippen molar-refractivity contribution in [1.82, 2.24) is 4.90 Å². The minimum atomic E-state index is 0.0720. The molecule has 100 valence electrons. The van der Waals surface area contributed by atoms with Crippen LogP contribution in [0.25, 0.3) is 0 Å². The molecule has 0 bridgehead atoms. The van der Waals surface area contributed by atoms with Gasteiger partial charge in [0.2, 0.25) is 0 Å². The summed E-state index contributed by atoms with van der Waals surface area (Å²) in [6, 6.07) is 9.91. The van der Waals surface area contributed by atoms with Crippen LogP contribution in [0.15, 0.2) is 40.2 Å². The molecular weight excluding hydrogens is 322 g/mol. The summed E-state index contributed by atoms with van der Waals surface area (Å²) in [6.45, 7) is 5.40. The van der Waals surface area contributed by atoms with Crippen LogP contribution in [0.1, 0.15) is 27.7 Å². The van der Waals surface area contributed by atoms with Gasteiger partial charge in [0.25, 0.3) is 5.91 Å². The Balaban J connectivity index is 2.20. The number of thiophene rings is 1. The number of aryl methyl sites for hydroxylation is 1. The molecule has 1 amide bonds. The maximum Gasteiger partial charge on any atom is 0.255 e. The molecule has 4 heteroatoms. The fourth-order valence-corrected chi connectivity index (χ4v) is 3.26. The van der Waals surface area contributed by atoms with Gasteiger partial charge in [0, 0.05) is 15.9 Å². The summed E-state index contributed by atoms with van der Waals surface area (Å²) in [4.78, 5) is 15.6. The highest BCUT2D eigenvalue weighted by atomic mass is 79.9. The average Bonchev–Trinajstić information content (AvgIpc) is 2.88. The molecule has 2 aromatic rings. The molecule has 1 aromatic heterocycles. The van der Waals surface area contributed by atoms with Gasteiger partial charge in [-0.3, -0.25) is 4.79 Å². The van der Waals surface area contributed by atoms with Crippen LogP contribution < -0.4 is 0 Å². The zero-order chi connectivity index (χ0) is 13.8. The summed E-state index contributed by atoms with van der Waals surface area (Å²) in [6.07, 6.45) is 0. The summed E-state index contributed by atoms with van der Waals surface area (Å²) < 4.78 is 0.863. The Labute approximate surface area is 126 Å². The van der Waals surface area contributed by atoms with Crippen LogP contribution in [0, 0.1) is 6.92 Å². The second-order valence-electron chi connectivity index (χ2n) is 4.38. The molecule has 0 fully saturated rings. The molecule has 2 rings (SSSR count). The maximum atomic E-state index is 12.5. The first-order chi connectivity index (χ1) is 9.11. The number of carbonyl (C=O) groups excluding carboxylic acids is 1. The van der Waals surface area contributed by atoms with E-state index in [9.17, 15) is 4.79 Å². The van der Waals surface area contributed by atoms with Crippen molar-refractivity contribution in [1.29, 1.82) is 0 Å². The van der Waals surface area contributed by atoms with E-state index in [4.69, 9.17) is 0 Å². The Kier molecular flexibility index (Phi) is 4.77. The summed E-state index contributed by atoms with van der Waals surface area (Å²) in [5.74, 6) is 0.0720. The van der Waals surface area contributed by atoms with E-state index < -0.39 is 0 Å². The molecule has 2 nitrogen and oxygen atoms in total. The van der Waals surface area contributed by atoms with Gasteiger partial charge < -0.3 is 4.90 Å². The first kappa shape index (κ1) is 14.3. The topological polar surface area (TPSA) is 20.3 Å². The smallest absolute Gasteiger partial charge is 0.255 e. The lowest BCUT2D eigenvalue weighted by molar-refractivity contribution is 0.0753. The van der Waals surface area contributed by atoms with Gasteiger partial charge >= 0.3 is 0 Å². The van der Waals surface area contributed by atoms with Crippen LogP contribution in [0.2, 0.25) is 0 Å². The van der Waals surface area contributed by atoms with Gasteiger partial charge in [-0.25, -0.2) is 0 Å². The van der Waals surface area contributed by atoms with Gasteiger partial charge in [0.15, 0.2) is 0 Å².